The van der Waals surface area contributed by atoms with Crippen LogP contribution in [0.1, 0.15) is 39.2 Å². The Morgan fingerprint density at radius 3 is 2.33 bits per heavy atom. The average Bonchev–Trinajstić information content (AvgIpc) is 2.48. The van der Waals surface area contributed by atoms with Crippen molar-refractivity contribution in [2.45, 2.75) is 44.8 Å². The Labute approximate surface area is 117 Å². The maximum absolute atomic E-state index is 6.22. The highest BCUT2D eigenvalue weighted by Crippen LogP contribution is 2.40. The molecule has 0 aromatic carbocycles. The van der Waals surface area contributed by atoms with Crippen molar-refractivity contribution in [1.29, 1.82) is 0 Å². The van der Waals surface area contributed by atoms with Crippen LogP contribution in [0.4, 0.5) is 0 Å². The monoisotopic (exact) mass is 312 g/mol. The lowest BCUT2D eigenvalue weighted by Crippen LogP contribution is -2.41. The summed E-state index contributed by atoms with van der Waals surface area (Å²) in [5.74, 6) is -0.367. The van der Waals surface area contributed by atoms with Gasteiger partial charge in [-0.2, -0.15) is 0 Å². The quantitative estimate of drug-likeness (QED) is 0.673. The molecule has 1 saturated heterocycles. The summed E-state index contributed by atoms with van der Waals surface area (Å²) < 4.78 is 12.6. The zero-order valence-electron chi connectivity index (χ0n) is 11.1. The second-order valence-corrected chi connectivity index (χ2v) is 6.29. The summed E-state index contributed by atoms with van der Waals surface area (Å²) >= 11 is 3.40. The van der Waals surface area contributed by atoms with E-state index in [1.54, 1.807) is 6.20 Å². The lowest BCUT2D eigenvalue weighted by Gasteiger charge is -2.32. The highest BCUT2D eigenvalue weighted by Gasteiger charge is 2.53. The van der Waals surface area contributed by atoms with Crippen molar-refractivity contribution in [2.75, 3.05) is 0 Å². The minimum atomic E-state index is -0.463. The van der Waals surface area contributed by atoms with E-state index in [0.717, 1.165) is 10.2 Å². The Morgan fingerprint density at radius 2 is 1.83 bits per heavy atom. The van der Waals surface area contributed by atoms with E-state index in [1.165, 1.54) is 0 Å². The zero-order chi connectivity index (χ0) is 13.6. The van der Waals surface area contributed by atoms with Gasteiger partial charge in [0.05, 0.1) is 17.1 Å². The largest absolute Gasteiger partial charge is 0.480 e. The number of hydrogen-bond acceptors (Lipinski definition) is 4. The minimum Gasteiger partial charge on any atom is -0.402 e. The van der Waals surface area contributed by atoms with Crippen LogP contribution >= 0.6 is 15.9 Å². The number of pyridine rings is 1. The van der Waals surface area contributed by atoms with Crippen LogP contribution in [0.2, 0.25) is 0 Å². The Hall–Kier alpha value is -0.425. The SMILES string of the molecule is CC1(C)OB([C@H](N)c2cccnc2Br)OC1(C)C. The van der Waals surface area contributed by atoms with E-state index < -0.39 is 7.12 Å². The molecule has 0 spiro atoms. The topological polar surface area (TPSA) is 57.4 Å². The summed E-state index contributed by atoms with van der Waals surface area (Å²) in [6, 6.07) is 3.78. The van der Waals surface area contributed by atoms with Gasteiger partial charge in [-0.25, -0.2) is 4.98 Å². The van der Waals surface area contributed by atoms with Crippen LogP contribution in [0.15, 0.2) is 22.9 Å². The number of hydrogen-bond donors (Lipinski definition) is 1. The molecule has 0 radical (unpaired) electrons. The molecule has 0 unspecified atom stereocenters. The van der Waals surface area contributed by atoms with Crippen molar-refractivity contribution in [1.82, 2.24) is 4.98 Å². The maximum Gasteiger partial charge on any atom is 0.480 e. The molecule has 0 saturated carbocycles. The highest BCUT2D eigenvalue weighted by atomic mass is 79.9. The Balaban J connectivity index is 2.23. The summed E-state index contributed by atoms with van der Waals surface area (Å²) in [7, 11) is -0.463. The van der Waals surface area contributed by atoms with Crippen LogP contribution < -0.4 is 5.73 Å². The number of halogens is 1. The van der Waals surface area contributed by atoms with Gasteiger partial charge in [-0.15, -0.1) is 0 Å². The van der Waals surface area contributed by atoms with Crippen LogP contribution in [-0.2, 0) is 9.31 Å². The predicted molar refractivity (Wildman–Crippen MR) is 74.9 cm³/mol. The number of aromatic nitrogens is 1. The van der Waals surface area contributed by atoms with Crippen molar-refractivity contribution in [3.63, 3.8) is 0 Å². The molecule has 1 aromatic rings. The molecule has 1 aliphatic heterocycles. The number of nitrogens with two attached hydrogens (primary N) is 1. The molecule has 0 amide bonds. The summed E-state index contributed by atoms with van der Waals surface area (Å²) in [6.07, 6.45) is 1.71. The van der Waals surface area contributed by atoms with Crippen molar-refractivity contribution in [3.8, 4) is 0 Å². The van der Waals surface area contributed by atoms with Crippen molar-refractivity contribution in [3.05, 3.63) is 28.5 Å². The van der Waals surface area contributed by atoms with E-state index in [-0.39, 0.29) is 17.1 Å². The molecule has 4 nitrogen and oxygen atoms in total. The van der Waals surface area contributed by atoms with Crippen LogP contribution in [0, 0.1) is 0 Å². The average molecular weight is 313 g/mol. The normalized spacial score (nSPS) is 23.1. The molecule has 2 heterocycles. The molecule has 6 heteroatoms. The molecule has 18 heavy (non-hydrogen) atoms. The third kappa shape index (κ3) is 2.34. The lowest BCUT2D eigenvalue weighted by molar-refractivity contribution is 0.00578. The third-order valence-corrected chi connectivity index (χ3v) is 4.37. The molecule has 1 fully saturated rings. The molecular weight excluding hydrogens is 295 g/mol. The molecule has 2 N–H and O–H groups in total. The van der Waals surface area contributed by atoms with Crippen LogP contribution in [0.5, 0.6) is 0 Å². The molecule has 98 valence electrons. The third-order valence-electron chi connectivity index (χ3n) is 3.71. The molecule has 0 bridgehead atoms. The molecule has 1 aromatic heterocycles. The second-order valence-electron chi connectivity index (χ2n) is 5.53. The van der Waals surface area contributed by atoms with Crippen LogP contribution in [0.3, 0.4) is 0 Å². The molecule has 0 aliphatic carbocycles. The first-order valence-corrected chi connectivity index (χ1v) is 6.75. The molecular formula is C12H18BBrN2O2. The standard InChI is InChI=1S/C12H18BBrN2O2/c1-11(2)12(3,4)18-13(17-11)9(15)8-6-5-7-16-10(8)14/h5-7,9H,15H2,1-4H3/t9-/m1/s1. The van der Waals surface area contributed by atoms with Crippen molar-refractivity contribution in [2.24, 2.45) is 5.73 Å². The van der Waals surface area contributed by atoms with Gasteiger partial charge in [0.1, 0.15) is 4.60 Å². The molecule has 1 aliphatic rings. The summed E-state index contributed by atoms with van der Waals surface area (Å²) in [5.41, 5.74) is 6.37. The van der Waals surface area contributed by atoms with Crippen molar-refractivity contribution < 1.29 is 9.31 Å². The first kappa shape index (κ1) is 14.0. The fourth-order valence-electron chi connectivity index (χ4n) is 1.83. The van der Waals surface area contributed by atoms with E-state index in [1.807, 2.05) is 39.8 Å². The number of rotatable bonds is 2. The fourth-order valence-corrected chi connectivity index (χ4v) is 2.34. The van der Waals surface area contributed by atoms with Crippen LogP contribution in [-0.4, -0.2) is 23.3 Å². The first-order chi connectivity index (χ1) is 8.24. The minimum absolute atomic E-state index is 0.367. The van der Waals surface area contributed by atoms with E-state index >= 15 is 0 Å². The van der Waals surface area contributed by atoms with E-state index in [0.29, 0.717) is 0 Å². The lowest BCUT2D eigenvalue weighted by atomic mass is 9.75. The Morgan fingerprint density at radius 1 is 1.28 bits per heavy atom. The fraction of sp³-hybridized carbons (Fsp3) is 0.583. The van der Waals surface area contributed by atoms with Gasteiger partial charge in [-0.3, -0.25) is 0 Å². The van der Waals surface area contributed by atoms with Gasteiger partial charge in [-0.1, -0.05) is 6.07 Å². The van der Waals surface area contributed by atoms with E-state index in [2.05, 4.69) is 20.9 Å². The van der Waals surface area contributed by atoms with Crippen LogP contribution in [0.25, 0.3) is 0 Å². The zero-order valence-corrected chi connectivity index (χ0v) is 12.7. The molecule has 1 atom stereocenters. The van der Waals surface area contributed by atoms with Crippen molar-refractivity contribution >= 4 is 23.0 Å². The Kier molecular flexibility index (Phi) is 3.57. The smallest absolute Gasteiger partial charge is 0.402 e. The highest BCUT2D eigenvalue weighted by molar-refractivity contribution is 9.10. The van der Waals surface area contributed by atoms with Gasteiger partial charge >= 0.3 is 7.12 Å². The van der Waals surface area contributed by atoms with Gasteiger partial charge in [-0.05, 0) is 55.3 Å². The van der Waals surface area contributed by atoms with E-state index in [4.69, 9.17) is 15.0 Å². The second kappa shape index (κ2) is 4.60. The van der Waals surface area contributed by atoms with Gasteiger partial charge < -0.3 is 15.0 Å². The molecule has 2 rings (SSSR count). The Bertz CT molecular complexity index is 437. The van der Waals surface area contributed by atoms with Gasteiger partial charge in [0, 0.05) is 6.20 Å². The maximum atomic E-state index is 6.22. The summed E-state index contributed by atoms with van der Waals surface area (Å²) in [5, 5.41) is 0. The first-order valence-electron chi connectivity index (χ1n) is 5.96. The van der Waals surface area contributed by atoms with E-state index in [9.17, 15) is 0 Å². The number of nitrogens with zero attached hydrogens (tertiary/aromatic N) is 1. The van der Waals surface area contributed by atoms with Gasteiger partial charge in [0.2, 0.25) is 0 Å². The summed E-state index contributed by atoms with van der Waals surface area (Å²) in [6.45, 7) is 8.05. The van der Waals surface area contributed by atoms with Gasteiger partial charge in [0.15, 0.2) is 0 Å². The summed E-state index contributed by atoms with van der Waals surface area (Å²) in [4.78, 5) is 4.17. The van der Waals surface area contributed by atoms with Gasteiger partial charge in [0.25, 0.3) is 0 Å². The predicted octanol–water partition coefficient (Wildman–Crippen LogP) is 2.48.